The van der Waals surface area contributed by atoms with Crippen LogP contribution < -0.4 is 5.32 Å². The van der Waals surface area contributed by atoms with E-state index in [2.05, 4.69) is 42.3 Å². The second-order valence-corrected chi connectivity index (χ2v) is 6.61. The van der Waals surface area contributed by atoms with Crippen molar-refractivity contribution >= 4 is 38.6 Å². The number of pyridine rings is 1. The summed E-state index contributed by atoms with van der Waals surface area (Å²) in [5.41, 5.74) is 2.35. The van der Waals surface area contributed by atoms with Crippen LogP contribution in [0.5, 0.6) is 0 Å². The number of carboxylic acids is 1. The van der Waals surface area contributed by atoms with E-state index in [1.807, 2.05) is 31.2 Å². The fourth-order valence-electron chi connectivity index (χ4n) is 2.22. The van der Waals surface area contributed by atoms with Crippen molar-refractivity contribution in [3.8, 4) is 6.07 Å². The number of imidazole rings is 1. The number of anilines is 1. The van der Waals surface area contributed by atoms with Gasteiger partial charge in [0, 0.05) is 16.3 Å². The van der Waals surface area contributed by atoms with E-state index in [9.17, 15) is 18.4 Å². The number of aryl methyl sites for hydroxylation is 1. The number of nitrogens with one attached hydrogen (secondary N) is 2. The van der Waals surface area contributed by atoms with Crippen molar-refractivity contribution in [1.82, 2.24) is 15.0 Å². The topological polar surface area (TPSA) is 115 Å². The van der Waals surface area contributed by atoms with Gasteiger partial charge in [-0.15, -0.1) is 0 Å². The molecule has 0 amide bonds. The Morgan fingerprint density at radius 3 is 2.62 bits per heavy atom. The molecule has 3 N–H and O–H groups in total. The Hall–Kier alpha value is -3.13. The summed E-state index contributed by atoms with van der Waals surface area (Å²) in [6, 6.07) is 9.86. The molecule has 1 aromatic carbocycles. The van der Waals surface area contributed by atoms with Gasteiger partial charge in [0.15, 0.2) is 0 Å². The van der Waals surface area contributed by atoms with Gasteiger partial charge in [-0.05, 0) is 24.3 Å². The fraction of sp³-hybridized carbons (Fsp3) is 0.222. The third-order valence-corrected chi connectivity index (χ3v) is 4.10. The van der Waals surface area contributed by atoms with Crippen LogP contribution in [0, 0.1) is 11.3 Å². The Kier molecular flexibility index (Phi) is 7.17. The summed E-state index contributed by atoms with van der Waals surface area (Å²) in [6.45, 7) is 2.60. The van der Waals surface area contributed by atoms with E-state index in [4.69, 9.17) is 9.90 Å². The summed E-state index contributed by atoms with van der Waals surface area (Å²) in [7, 11) is 0. The SMILES string of the molecule is CCc1ncc(CNc2nc3ccc(Br)cc3cc2C#N)[nH]1.O=C(O)C(F)(F)F. The molecule has 0 aliphatic carbocycles. The number of carbonyl (C=O) groups is 1. The number of benzene rings is 1. The first-order valence-electron chi connectivity index (χ1n) is 8.21. The third kappa shape index (κ3) is 6.18. The minimum Gasteiger partial charge on any atom is -0.475 e. The fourth-order valence-corrected chi connectivity index (χ4v) is 2.60. The molecule has 2 aromatic heterocycles. The predicted octanol–water partition coefficient (Wildman–Crippen LogP) is 4.40. The minimum absolute atomic E-state index is 0.529. The molecule has 2 heterocycles. The van der Waals surface area contributed by atoms with Crippen molar-refractivity contribution < 1.29 is 23.1 Å². The Labute approximate surface area is 171 Å². The quantitative estimate of drug-likeness (QED) is 0.521. The molecule has 0 bridgehead atoms. The highest BCUT2D eigenvalue weighted by molar-refractivity contribution is 9.10. The lowest BCUT2D eigenvalue weighted by molar-refractivity contribution is -0.192. The second kappa shape index (κ2) is 9.38. The number of halogens is 4. The Balaban J connectivity index is 0.000000370. The number of nitrogens with zero attached hydrogens (tertiary/aromatic N) is 3. The lowest BCUT2D eigenvalue weighted by Crippen LogP contribution is -2.21. The maximum absolute atomic E-state index is 10.6. The van der Waals surface area contributed by atoms with E-state index in [0.717, 1.165) is 33.3 Å². The van der Waals surface area contributed by atoms with Crippen LogP contribution in [0.2, 0.25) is 0 Å². The van der Waals surface area contributed by atoms with Gasteiger partial charge in [0.1, 0.15) is 17.7 Å². The van der Waals surface area contributed by atoms with E-state index in [1.165, 1.54) is 0 Å². The summed E-state index contributed by atoms with van der Waals surface area (Å²) >= 11 is 3.43. The standard InChI is InChI=1S/C16H14BrN5.C2HF3O2/c1-2-15-19-8-13(21-15)9-20-16-11(7-18)5-10-6-12(17)3-4-14(10)22-16;3-2(4,5)1(6)7/h3-6,8H,2,9H2,1H3,(H,19,21)(H,20,22);(H,6,7). The highest BCUT2D eigenvalue weighted by Gasteiger charge is 2.38. The number of hydrogen-bond acceptors (Lipinski definition) is 5. The summed E-state index contributed by atoms with van der Waals surface area (Å²) in [4.78, 5) is 20.9. The van der Waals surface area contributed by atoms with Crippen LogP contribution in [-0.2, 0) is 17.8 Å². The summed E-state index contributed by atoms with van der Waals surface area (Å²) < 4.78 is 32.7. The molecule has 3 rings (SSSR count). The highest BCUT2D eigenvalue weighted by atomic mass is 79.9. The summed E-state index contributed by atoms with van der Waals surface area (Å²) in [5, 5.41) is 20.6. The van der Waals surface area contributed by atoms with Crippen molar-refractivity contribution in [2.24, 2.45) is 0 Å². The van der Waals surface area contributed by atoms with Gasteiger partial charge >= 0.3 is 12.1 Å². The van der Waals surface area contributed by atoms with Gasteiger partial charge < -0.3 is 15.4 Å². The van der Waals surface area contributed by atoms with Crippen LogP contribution in [0.15, 0.2) is 34.9 Å². The van der Waals surface area contributed by atoms with E-state index in [-0.39, 0.29) is 0 Å². The highest BCUT2D eigenvalue weighted by Crippen LogP contribution is 2.23. The zero-order chi connectivity index (χ0) is 21.6. The van der Waals surface area contributed by atoms with E-state index >= 15 is 0 Å². The summed E-state index contributed by atoms with van der Waals surface area (Å²) in [6.07, 6.45) is -2.41. The molecule has 0 radical (unpaired) electrons. The van der Waals surface area contributed by atoms with Crippen LogP contribution in [0.3, 0.4) is 0 Å². The van der Waals surface area contributed by atoms with Crippen LogP contribution in [-0.4, -0.2) is 32.2 Å². The third-order valence-electron chi connectivity index (χ3n) is 3.60. The van der Waals surface area contributed by atoms with Crippen molar-refractivity contribution in [1.29, 1.82) is 5.26 Å². The number of H-pyrrole nitrogens is 1. The van der Waals surface area contributed by atoms with Gasteiger partial charge in [-0.2, -0.15) is 18.4 Å². The number of aliphatic carboxylic acids is 1. The Morgan fingerprint density at radius 1 is 1.38 bits per heavy atom. The molecule has 7 nitrogen and oxygen atoms in total. The number of carboxylic acid groups (broad SMARTS) is 1. The van der Waals surface area contributed by atoms with E-state index in [1.54, 1.807) is 6.20 Å². The molecule has 152 valence electrons. The van der Waals surface area contributed by atoms with Gasteiger partial charge in [0.05, 0.1) is 29.5 Å². The molecule has 0 spiro atoms. The van der Waals surface area contributed by atoms with E-state index < -0.39 is 12.1 Å². The molecule has 0 fully saturated rings. The number of fused-ring (bicyclic) bond motifs is 1. The van der Waals surface area contributed by atoms with Gasteiger partial charge in [-0.1, -0.05) is 22.9 Å². The molecule has 3 aromatic rings. The van der Waals surface area contributed by atoms with Crippen LogP contribution in [0.1, 0.15) is 24.0 Å². The monoisotopic (exact) mass is 469 g/mol. The largest absolute Gasteiger partial charge is 0.490 e. The van der Waals surface area contributed by atoms with Crippen molar-refractivity contribution in [3.05, 3.63) is 52.0 Å². The molecule has 0 saturated carbocycles. The van der Waals surface area contributed by atoms with Crippen LogP contribution in [0.25, 0.3) is 10.9 Å². The molecular weight excluding hydrogens is 455 g/mol. The van der Waals surface area contributed by atoms with E-state index in [0.29, 0.717) is 17.9 Å². The molecule has 0 atom stereocenters. The number of aromatic amines is 1. The number of aromatic nitrogens is 3. The molecule has 0 saturated heterocycles. The second-order valence-electron chi connectivity index (χ2n) is 5.70. The van der Waals surface area contributed by atoms with Crippen LogP contribution >= 0.6 is 15.9 Å². The molecule has 0 aliphatic heterocycles. The van der Waals surface area contributed by atoms with Crippen molar-refractivity contribution in [2.75, 3.05) is 5.32 Å². The zero-order valence-corrected chi connectivity index (χ0v) is 16.6. The molecule has 0 unspecified atom stereocenters. The Morgan fingerprint density at radius 2 is 2.07 bits per heavy atom. The molecule has 11 heteroatoms. The van der Waals surface area contributed by atoms with Gasteiger partial charge in [0.2, 0.25) is 0 Å². The number of nitriles is 1. The lowest BCUT2D eigenvalue weighted by Gasteiger charge is -2.08. The predicted molar refractivity (Wildman–Crippen MR) is 103 cm³/mol. The zero-order valence-electron chi connectivity index (χ0n) is 15.0. The molecule has 0 aliphatic rings. The normalized spacial score (nSPS) is 10.8. The minimum atomic E-state index is -5.08. The first-order chi connectivity index (χ1) is 13.6. The number of rotatable bonds is 4. The average Bonchev–Trinajstić information content (AvgIpc) is 3.13. The number of hydrogen-bond donors (Lipinski definition) is 3. The smallest absolute Gasteiger partial charge is 0.475 e. The lowest BCUT2D eigenvalue weighted by atomic mass is 10.1. The van der Waals surface area contributed by atoms with Gasteiger partial charge in [-0.3, -0.25) is 0 Å². The van der Waals surface area contributed by atoms with Crippen molar-refractivity contribution in [2.45, 2.75) is 26.1 Å². The van der Waals surface area contributed by atoms with Crippen molar-refractivity contribution in [3.63, 3.8) is 0 Å². The average molecular weight is 470 g/mol. The maximum atomic E-state index is 10.6. The van der Waals surface area contributed by atoms with Gasteiger partial charge in [-0.25, -0.2) is 14.8 Å². The molecule has 29 heavy (non-hydrogen) atoms. The first kappa shape index (κ1) is 22.2. The van der Waals surface area contributed by atoms with Gasteiger partial charge in [0.25, 0.3) is 0 Å². The maximum Gasteiger partial charge on any atom is 0.490 e. The summed E-state index contributed by atoms with van der Waals surface area (Å²) in [5.74, 6) is -1.22. The number of alkyl halides is 3. The van der Waals surface area contributed by atoms with Crippen LogP contribution in [0.4, 0.5) is 19.0 Å². The Bertz CT molecular complexity index is 1060. The first-order valence-corrected chi connectivity index (χ1v) is 9.00. The molecular formula is C18H15BrF3N5O2.